The highest BCUT2D eigenvalue weighted by atomic mass is 19.4. The van der Waals surface area contributed by atoms with Gasteiger partial charge in [-0.25, -0.2) is 0 Å². The molecule has 1 heterocycles. The highest BCUT2D eigenvalue weighted by Gasteiger charge is 2.51. The SMILES string of the molecule is CC(C)C[C@H](C(=O)NCC[C@H](O)C(F)(F)F)N1C(=O)[C@H]2CC=CC[C@@H]2C1=O. The van der Waals surface area contributed by atoms with Gasteiger partial charge in [-0.3, -0.25) is 19.3 Å². The Bertz CT molecular complexity index is 592. The summed E-state index contributed by atoms with van der Waals surface area (Å²) in [5, 5.41) is 11.3. The van der Waals surface area contributed by atoms with Crippen LogP contribution in [0, 0.1) is 17.8 Å². The van der Waals surface area contributed by atoms with E-state index in [0.717, 1.165) is 4.90 Å². The van der Waals surface area contributed by atoms with E-state index in [-0.39, 0.29) is 12.3 Å². The molecule has 0 unspecified atom stereocenters. The van der Waals surface area contributed by atoms with Gasteiger partial charge in [-0.05, 0) is 31.6 Å². The summed E-state index contributed by atoms with van der Waals surface area (Å²) in [6.45, 7) is 3.25. The molecule has 6 nitrogen and oxygen atoms in total. The highest BCUT2D eigenvalue weighted by molar-refractivity contribution is 6.08. The third-order valence-electron chi connectivity index (χ3n) is 4.95. The molecule has 27 heavy (non-hydrogen) atoms. The molecule has 1 aliphatic carbocycles. The van der Waals surface area contributed by atoms with Gasteiger partial charge in [0.05, 0.1) is 11.8 Å². The maximum absolute atomic E-state index is 12.7. The summed E-state index contributed by atoms with van der Waals surface area (Å²) >= 11 is 0. The molecule has 0 bridgehead atoms. The lowest BCUT2D eigenvalue weighted by Crippen LogP contribution is -2.51. The smallest absolute Gasteiger partial charge is 0.384 e. The molecule has 0 aromatic rings. The van der Waals surface area contributed by atoms with Crippen molar-refractivity contribution in [2.75, 3.05) is 6.54 Å². The molecule has 0 aromatic heterocycles. The first kappa shape index (κ1) is 21.4. The van der Waals surface area contributed by atoms with E-state index in [4.69, 9.17) is 5.11 Å². The quantitative estimate of drug-likeness (QED) is 0.513. The van der Waals surface area contributed by atoms with Crippen LogP contribution in [0.5, 0.6) is 0 Å². The molecule has 0 saturated carbocycles. The zero-order valence-electron chi connectivity index (χ0n) is 15.3. The molecule has 4 atom stereocenters. The maximum Gasteiger partial charge on any atom is 0.414 e. The number of rotatable bonds is 7. The van der Waals surface area contributed by atoms with Crippen molar-refractivity contribution in [1.29, 1.82) is 0 Å². The van der Waals surface area contributed by atoms with Crippen LogP contribution in [0.2, 0.25) is 0 Å². The summed E-state index contributed by atoms with van der Waals surface area (Å²) in [5.74, 6) is -2.43. The topological polar surface area (TPSA) is 86.7 Å². The molecular formula is C18H25F3N2O4. The molecule has 2 N–H and O–H groups in total. The second-order valence-corrected chi connectivity index (χ2v) is 7.48. The normalized spacial score (nSPS) is 24.9. The van der Waals surface area contributed by atoms with Gasteiger partial charge in [0.15, 0.2) is 6.10 Å². The van der Waals surface area contributed by atoms with Crippen LogP contribution in [0.1, 0.15) is 39.5 Å². The van der Waals surface area contributed by atoms with Gasteiger partial charge in [-0.1, -0.05) is 26.0 Å². The number of nitrogens with zero attached hydrogens (tertiary/aromatic N) is 1. The number of hydrogen-bond acceptors (Lipinski definition) is 4. The Balaban J connectivity index is 2.07. The zero-order valence-corrected chi connectivity index (χ0v) is 15.3. The Morgan fingerprint density at radius 1 is 1.22 bits per heavy atom. The summed E-state index contributed by atoms with van der Waals surface area (Å²) in [5.41, 5.74) is 0. The first-order valence-electron chi connectivity index (χ1n) is 9.08. The summed E-state index contributed by atoms with van der Waals surface area (Å²) in [4.78, 5) is 38.9. The Morgan fingerprint density at radius 2 is 1.74 bits per heavy atom. The minimum absolute atomic E-state index is 0.0112. The van der Waals surface area contributed by atoms with E-state index < -0.39 is 60.8 Å². The van der Waals surface area contributed by atoms with Crippen LogP contribution in [0.15, 0.2) is 12.2 Å². The fourth-order valence-electron chi connectivity index (χ4n) is 3.52. The molecule has 9 heteroatoms. The van der Waals surface area contributed by atoms with Crippen LogP contribution in [0.3, 0.4) is 0 Å². The molecule has 1 saturated heterocycles. The molecule has 2 aliphatic rings. The van der Waals surface area contributed by atoms with E-state index in [0.29, 0.717) is 12.8 Å². The number of halogens is 3. The Morgan fingerprint density at radius 3 is 2.19 bits per heavy atom. The van der Waals surface area contributed by atoms with Crippen molar-refractivity contribution in [2.24, 2.45) is 17.8 Å². The molecule has 0 aromatic carbocycles. The van der Waals surface area contributed by atoms with E-state index in [1.54, 1.807) is 0 Å². The second-order valence-electron chi connectivity index (χ2n) is 7.48. The van der Waals surface area contributed by atoms with Crippen molar-refractivity contribution in [1.82, 2.24) is 10.2 Å². The Labute approximate surface area is 155 Å². The number of likely N-dealkylation sites (tertiary alicyclic amines) is 1. The van der Waals surface area contributed by atoms with Crippen molar-refractivity contribution < 1.29 is 32.7 Å². The molecule has 1 fully saturated rings. The molecule has 152 valence electrons. The molecule has 0 radical (unpaired) electrons. The molecule has 1 aliphatic heterocycles. The summed E-state index contributed by atoms with van der Waals surface area (Å²) in [6, 6.07) is -1.06. The minimum Gasteiger partial charge on any atom is -0.384 e. The van der Waals surface area contributed by atoms with Crippen LogP contribution in [0.4, 0.5) is 13.2 Å². The standard InChI is InChI=1S/C18H25F3N2O4/c1-10(2)9-13(15(25)22-8-7-14(24)18(19,20)21)23-16(26)11-5-3-4-6-12(11)17(23)27/h3-4,10-14,24H,5-9H2,1-2H3,(H,22,25)/t11-,12-,13+,14-/m0/s1. The van der Waals surface area contributed by atoms with Gasteiger partial charge in [-0.2, -0.15) is 13.2 Å². The molecule has 0 spiro atoms. The number of aliphatic hydroxyl groups excluding tert-OH is 1. The van der Waals surface area contributed by atoms with Crippen molar-refractivity contribution in [2.45, 2.75) is 57.9 Å². The first-order valence-corrected chi connectivity index (χ1v) is 9.08. The summed E-state index contributed by atoms with van der Waals surface area (Å²) in [6.07, 6.45) is -3.20. The fourth-order valence-corrected chi connectivity index (χ4v) is 3.52. The number of hydrogen-bond donors (Lipinski definition) is 2. The number of nitrogens with one attached hydrogen (secondary N) is 1. The maximum atomic E-state index is 12.7. The van der Waals surface area contributed by atoms with Crippen LogP contribution in [0.25, 0.3) is 0 Å². The van der Waals surface area contributed by atoms with Crippen molar-refractivity contribution in [3.63, 3.8) is 0 Å². The predicted molar refractivity (Wildman–Crippen MR) is 90.1 cm³/mol. The van der Waals surface area contributed by atoms with Gasteiger partial charge >= 0.3 is 6.18 Å². The molecule has 2 rings (SSSR count). The largest absolute Gasteiger partial charge is 0.414 e. The van der Waals surface area contributed by atoms with Crippen LogP contribution in [-0.2, 0) is 14.4 Å². The van der Waals surface area contributed by atoms with Gasteiger partial charge in [-0.15, -0.1) is 0 Å². The average Bonchev–Trinajstić information content (AvgIpc) is 2.83. The Hall–Kier alpha value is -1.90. The first-order chi connectivity index (χ1) is 12.5. The van der Waals surface area contributed by atoms with Gasteiger partial charge < -0.3 is 10.4 Å². The number of carbonyl (C=O) groups excluding carboxylic acids is 3. The fraction of sp³-hybridized carbons (Fsp3) is 0.722. The number of aliphatic hydroxyl groups is 1. The summed E-state index contributed by atoms with van der Waals surface area (Å²) < 4.78 is 37.1. The third-order valence-corrected chi connectivity index (χ3v) is 4.95. The lowest BCUT2D eigenvalue weighted by atomic mass is 9.85. The van der Waals surface area contributed by atoms with Gasteiger partial charge in [0.25, 0.3) is 0 Å². The third kappa shape index (κ3) is 4.88. The second kappa shape index (κ2) is 8.41. The van der Waals surface area contributed by atoms with E-state index in [9.17, 15) is 27.6 Å². The van der Waals surface area contributed by atoms with Gasteiger partial charge in [0.2, 0.25) is 17.7 Å². The van der Waals surface area contributed by atoms with Crippen molar-refractivity contribution >= 4 is 17.7 Å². The lowest BCUT2D eigenvalue weighted by Gasteiger charge is -2.27. The molecule has 3 amide bonds. The monoisotopic (exact) mass is 390 g/mol. The van der Waals surface area contributed by atoms with E-state index >= 15 is 0 Å². The number of allylic oxidation sites excluding steroid dienone is 2. The van der Waals surface area contributed by atoms with Crippen LogP contribution in [-0.4, -0.2) is 52.6 Å². The van der Waals surface area contributed by atoms with Crippen LogP contribution >= 0.6 is 0 Å². The van der Waals surface area contributed by atoms with E-state index in [2.05, 4.69) is 5.32 Å². The van der Waals surface area contributed by atoms with E-state index in [1.807, 2.05) is 26.0 Å². The number of amides is 3. The Kier molecular flexibility index (Phi) is 6.67. The van der Waals surface area contributed by atoms with Crippen LogP contribution < -0.4 is 5.32 Å². The minimum atomic E-state index is -4.76. The predicted octanol–water partition coefficient (Wildman–Crippen LogP) is 1.78. The molecular weight excluding hydrogens is 365 g/mol. The zero-order chi connectivity index (χ0) is 20.4. The van der Waals surface area contributed by atoms with Gasteiger partial charge in [0.1, 0.15) is 6.04 Å². The lowest BCUT2D eigenvalue weighted by molar-refractivity contribution is -0.205. The number of carbonyl (C=O) groups is 3. The number of imide groups is 1. The van der Waals surface area contributed by atoms with E-state index in [1.165, 1.54) is 0 Å². The average molecular weight is 390 g/mol. The highest BCUT2D eigenvalue weighted by Crippen LogP contribution is 2.37. The van der Waals surface area contributed by atoms with Gasteiger partial charge in [0, 0.05) is 6.54 Å². The number of alkyl halides is 3. The van der Waals surface area contributed by atoms with Crippen molar-refractivity contribution in [3.05, 3.63) is 12.2 Å². The number of fused-ring (bicyclic) bond motifs is 1. The summed E-state index contributed by atoms with van der Waals surface area (Å²) in [7, 11) is 0. The van der Waals surface area contributed by atoms with Crippen molar-refractivity contribution in [3.8, 4) is 0 Å².